The lowest BCUT2D eigenvalue weighted by atomic mass is 10.1. The van der Waals surface area contributed by atoms with Crippen molar-refractivity contribution in [2.75, 3.05) is 6.54 Å². The first kappa shape index (κ1) is 20.1. The van der Waals surface area contributed by atoms with Crippen molar-refractivity contribution in [3.05, 3.63) is 47.2 Å². The van der Waals surface area contributed by atoms with Crippen LogP contribution in [0, 0.1) is 6.92 Å². The third-order valence-corrected chi connectivity index (χ3v) is 3.27. The number of aliphatic carboxylic acids is 1. The van der Waals surface area contributed by atoms with E-state index in [9.17, 15) is 19.2 Å². The molecular weight excluding hydrogens is 324 g/mol. The van der Waals surface area contributed by atoms with Gasteiger partial charge in [0.05, 0.1) is 12.5 Å². The first-order valence-corrected chi connectivity index (χ1v) is 7.72. The molecular formula is C18H22N2O5. The molecule has 1 unspecified atom stereocenters. The molecule has 1 atom stereocenters. The van der Waals surface area contributed by atoms with Crippen LogP contribution in [0.15, 0.2) is 36.0 Å². The highest BCUT2D eigenvalue weighted by Gasteiger charge is 2.21. The van der Waals surface area contributed by atoms with E-state index in [1.807, 2.05) is 6.07 Å². The van der Waals surface area contributed by atoms with Gasteiger partial charge in [-0.2, -0.15) is 0 Å². The fraction of sp³-hybridized carbons (Fsp3) is 0.333. The number of aryl methyl sites for hydroxylation is 1. The summed E-state index contributed by atoms with van der Waals surface area (Å²) < 4.78 is 0. The van der Waals surface area contributed by atoms with E-state index in [1.54, 1.807) is 45.2 Å². The maximum atomic E-state index is 12.7. The van der Waals surface area contributed by atoms with E-state index in [1.165, 1.54) is 4.90 Å². The maximum Gasteiger partial charge on any atom is 0.305 e. The fourth-order valence-electron chi connectivity index (χ4n) is 2.18. The molecule has 2 N–H and O–H groups in total. The molecule has 0 bridgehead atoms. The van der Waals surface area contributed by atoms with Crippen LogP contribution >= 0.6 is 0 Å². The van der Waals surface area contributed by atoms with Gasteiger partial charge in [0, 0.05) is 11.8 Å². The molecule has 134 valence electrons. The summed E-state index contributed by atoms with van der Waals surface area (Å²) >= 11 is 0. The number of hydrogen-bond acceptors (Lipinski definition) is 4. The second kappa shape index (κ2) is 9.36. The van der Waals surface area contributed by atoms with Crippen LogP contribution in [0.2, 0.25) is 0 Å². The number of carboxylic acids is 1. The summed E-state index contributed by atoms with van der Waals surface area (Å²) in [5.74, 6) is -2.16. The van der Waals surface area contributed by atoms with Crippen molar-refractivity contribution in [2.24, 2.45) is 0 Å². The summed E-state index contributed by atoms with van der Waals surface area (Å²) in [5, 5.41) is 11.0. The average Bonchev–Trinajstić information content (AvgIpc) is 2.52. The quantitative estimate of drug-likeness (QED) is 0.695. The van der Waals surface area contributed by atoms with Crippen molar-refractivity contribution in [2.45, 2.75) is 33.2 Å². The van der Waals surface area contributed by atoms with Crippen molar-refractivity contribution in [3.63, 3.8) is 0 Å². The monoisotopic (exact) mass is 346 g/mol. The lowest BCUT2D eigenvalue weighted by Crippen LogP contribution is -2.44. The van der Waals surface area contributed by atoms with Crippen molar-refractivity contribution < 1.29 is 24.3 Å². The molecule has 7 heteroatoms. The Hall–Kier alpha value is -2.96. The Kier molecular flexibility index (Phi) is 7.52. The maximum absolute atomic E-state index is 12.7. The number of carbonyl (C=O) groups is 4. The van der Waals surface area contributed by atoms with Crippen molar-refractivity contribution >= 4 is 24.1 Å². The molecule has 1 aromatic carbocycles. The molecule has 7 nitrogen and oxygen atoms in total. The zero-order valence-electron chi connectivity index (χ0n) is 14.5. The van der Waals surface area contributed by atoms with Gasteiger partial charge in [-0.25, -0.2) is 0 Å². The number of benzene rings is 1. The molecule has 0 spiro atoms. The van der Waals surface area contributed by atoms with Gasteiger partial charge in [0.2, 0.25) is 5.91 Å². The van der Waals surface area contributed by atoms with Gasteiger partial charge in [-0.05, 0) is 32.4 Å². The average molecular weight is 346 g/mol. The fourth-order valence-corrected chi connectivity index (χ4v) is 2.18. The molecule has 0 aliphatic rings. The normalized spacial score (nSPS) is 11.2. The van der Waals surface area contributed by atoms with Crippen LogP contribution in [0.25, 0.3) is 0 Å². The summed E-state index contributed by atoms with van der Waals surface area (Å²) in [7, 11) is 0. The molecule has 0 saturated heterocycles. The lowest BCUT2D eigenvalue weighted by molar-refractivity contribution is -0.138. The third-order valence-electron chi connectivity index (χ3n) is 3.27. The van der Waals surface area contributed by atoms with Crippen LogP contribution in [0.5, 0.6) is 0 Å². The molecule has 1 rings (SSSR count). The number of nitrogens with zero attached hydrogens (tertiary/aromatic N) is 1. The molecule has 25 heavy (non-hydrogen) atoms. The van der Waals surface area contributed by atoms with E-state index in [0.717, 1.165) is 11.1 Å². The van der Waals surface area contributed by atoms with Crippen molar-refractivity contribution in [1.29, 1.82) is 0 Å². The zero-order valence-corrected chi connectivity index (χ0v) is 14.5. The van der Waals surface area contributed by atoms with Gasteiger partial charge in [0.25, 0.3) is 5.91 Å². The standard InChI is InChI=1S/C18H22N2O5/c1-12(2)9-20(18(25)15-7-5-4-6-13(15)3)10-16(22)19-14(11-21)8-17(23)24/h4-7,9,11,14H,8,10H2,1-3H3,(H,19,22)(H,23,24). The van der Waals surface area contributed by atoms with Crippen LogP contribution in [0.4, 0.5) is 0 Å². The summed E-state index contributed by atoms with van der Waals surface area (Å²) in [4.78, 5) is 47.6. The van der Waals surface area contributed by atoms with E-state index in [2.05, 4.69) is 5.32 Å². The van der Waals surface area contributed by atoms with Crippen LogP contribution in [-0.4, -0.2) is 46.7 Å². The second-order valence-electron chi connectivity index (χ2n) is 5.86. The predicted octanol–water partition coefficient (Wildman–Crippen LogP) is 1.52. The first-order valence-electron chi connectivity index (χ1n) is 7.72. The Balaban J connectivity index is 2.93. The van der Waals surface area contributed by atoms with Crippen LogP contribution < -0.4 is 5.32 Å². The van der Waals surface area contributed by atoms with Crippen molar-refractivity contribution in [3.8, 4) is 0 Å². The number of carbonyl (C=O) groups excluding carboxylic acids is 3. The van der Waals surface area contributed by atoms with E-state index in [4.69, 9.17) is 5.11 Å². The number of allylic oxidation sites excluding steroid dienone is 1. The van der Waals surface area contributed by atoms with E-state index < -0.39 is 24.3 Å². The third kappa shape index (κ3) is 6.58. The van der Waals surface area contributed by atoms with Crippen LogP contribution in [0.1, 0.15) is 36.2 Å². The second-order valence-corrected chi connectivity index (χ2v) is 5.86. The van der Waals surface area contributed by atoms with Gasteiger partial charge in [0.15, 0.2) is 0 Å². The molecule has 0 radical (unpaired) electrons. The molecule has 0 heterocycles. The van der Waals surface area contributed by atoms with Crippen molar-refractivity contribution in [1.82, 2.24) is 10.2 Å². The zero-order chi connectivity index (χ0) is 19.0. The Bertz CT molecular complexity index is 692. The largest absolute Gasteiger partial charge is 0.481 e. The number of amides is 2. The minimum Gasteiger partial charge on any atom is -0.481 e. The van der Waals surface area contributed by atoms with Gasteiger partial charge in [-0.1, -0.05) is 23.8 Å². The summed E-state index contributed by atoms with van der Waals surface area (Å²) in [5.41, 5.74) is 2.05. The van der Waals surface area contributed by atoms with E-state index >= 15 is 0 Å². The number of carboxylic acid groups (broad SMARTS) is 1. The van der Waals surface area contributed by atoms with Gasteiger partial charge >= 0.3 is 5.97 Å². The van der Waals surface area contributed by atoms with Gasteiger partial charge in [-0.15, -0.1) is 0 Å². The summed E-state index contributed by atoms with van der Waals surface area (Å²) in [6.07, 6.45) is 1.39. The highest BCUT2D eigenvalue weighted by molar-refractivity contribution is 5.98. The Labute approximate surface area is 146 Å². The molecule has 2 amide bonds. The number of nitrogens with one attached hydrogen (secondary N) is 1. The summed E-state index contributed by atoms with van der Waals surface area (Å²) in [6.45, 7) is 5.05. The van der Waals surface area contributed by atoms with Crippen LogP contribution in [0.3, 0.4) is 0 Å². The Morgan fingerprint density at radius 1 is 1.24 bits per heavy atom. The Morgan fingerprint density at radius 2 is 1.88 bits per heavy atom. The first-order chi connectivity index (χ1) is 11.7. The SMILES string of the molecule is CC(C)=CN(CC(=O)NC(C=O)CC(=O)O)C(=O)c1ccccc1C. The minimum atomic E-state index is -1.20. The number of rotatable bonds is 8. The van der Waals surface area contributed by atoms with Gasteiger partial charge < -0.3 is 20.1 Å². The molecule has 0 aliphatic heterocycles. The minimum absolute atomic E-state index is 0.317. The smallest absolute Gasteiger partial charge is 0.305 e. The molecule has 1 aromatic rings. The predicted molar refractivity (Wildman–Crippen MR) is 91.9 cm³/mol. The van der Waals surface area contributed by atoms with Gasteiger partial charge in [-0.3, -0.25) is 14.4 Å². The van der Waals surface area contributed by atoms with Gasteiger partial charge in [0.1, 0.15) is 12.8 Å². The van der Waals surface area contributed by atoms with E-state index in [0.29, 0.717) is 11.8 Å². The topological polar surface area (TPSA) is 104 Å². The summed E-state index contributed by atoms with van der Waals surface area (Å²) in [6, 6.07) is 5.87. The molecule has 0 aliphatic carbocycles. The molecule has 0 saturated carbocycles. The van der Waals surface area contributed by atoms with Crippen LogP contribution in [-0.2, 0) is 14.4 Å². The highest BCUT2D eigenvalue weighted by Crippen LogP contribution is 2.12. The lowest BCUT2D eigenvalue weighted by Gasteiger charge is -2.21. The van der Waals surface area contributed by atoms with E-state index in [-0.39, 0.29) is 12.5 Å². The number of hydrogen-bond donors (Lipinski definition) is 2. The number of aldehydes is 1. The Morgan fingerprint density at radius 3 is 2.40 bits per heavy atom. The highest BCUT2D eigenvalue weighted by atomic mass is 16.4. The molecule has 0 aromatic heterocycles. The molecule has 0 fully saturated rings.